The SMILES string of the molecule is NC(CCCCNC(=O)c1cncs1)=NO. The number of aromatic nitrogens is 1. The number of nitrogens with two attached hydrogens (primary N) is 1. The minimum absolute atomic E-state index is 0.105. The van der Waals surface area contributed by atoms with E-state index in [1.807, 2.05) is 0 Å². The third-order valence-electron chi connectivity index (χ3n) is 1.93. The molecule has 0 aliphatic rings. The van der Waals surface area contributed by atoms with E-state index in [-0.39, 0.29) is 11.7 Å². The first-order valence-corrected chi connectivity index (χ1v) is 5.75. The number of unbranched alkanes of at least 4 members (excludes halogenated alkanes) is 1. The van der Waals surface area contributed by atoms with Gasteiger partial charge in [0.15, 0.2) is 0 Å². The normalized spacial score (nSPS) is 11.4. The highest BCUT2D eigenvalue weighted by Crippen LogP contribution is 2.04. The van der Waals surface area contributed by atoms with Crippen molar-refractivity contribution in [1.82, 2.24) is 10.3 Å². The highest BCUT2D eigenvalue weighted by atomic mass is 32.1. The van der Waals surface area contributed by atoms with Crippen molar-refractivity contribution in [2.45, 2.75) is 19.3 Å². The van der Waals surface area contributed by atoms with Gasteiger partial charge >= 0.3 is 0 Å². The number of oxime groups is 1. The van der Waals surface area contributed by atoms with Crippen LogP contribution >= 0.6 is 11.3 Å². The topological polar surface area (TPSA) is 101 Å². The van der Waals surface area contributed by atoms with E-state index in [1.54, 1.807) is 5.51 Å². The van der Waals surface area contributed by atoms with Crippen LogP contribution in [0.3, 0.4) is 0 Å². The van der Waals surface area contributed by atoms with Crippen LogP contribution in [0.4, 0.5) is 0 Å². The molecule has 0 radical (unpaired) electrons. The monoisotopic (exact) mass is 242 g/mol. The first kappa shape index (κ1) is 12.4. The van der Waals surface area contributed by atoms with Crippen molar-refractivity contribution >= 4 is 23.1 Å². The van der Waals surface area contributed by atoms with Crippen molar-refractivity contribution in [3.05, 3.63) is 16.6 Å². The molecule has 0 saturated heterocycles. The Kier molecular flexibility index (Phi) is 5.27. The maximum absolute atomic E-state index is 11.4. The average molecular weight is 242 g/mol. The van der Waals surface area contributed by atoms with Crippen LogP contribution in [0.25, 0.3) is 0 Å². The smallest absolute Gasteiger partial charge is 0.262 e. The zero-order chi connectivity index (χ0) is 11.8. The lowest BCUT2D eigenvalue weighted by Crippen LogP contribution is -2.23. The van der Waals surface area contributed by atoms with Crippen LogP contribution in [0.1, 0.15) is 28.9 Å². The van der Waals surface area contributed by atoms with Gasteiger partial charge in [0.2, 0.25) is 0 Å². The van der Waals surface area contributed by atoms with Gasteiger partial charge in [-0.1, -0.05) is 5.16 Å². The summed E-state index contributed by atoms with van der Waals surface area (Å²) in [5.41, 5.74) is 6.92. The highest BCUT2D eigenvalue weighted by molar-refractivity contribution is 7.11. The molecule has 16 heavy (non-hydrogen) atoms. The minimum atomic E-state index is -0.105. The van der Waals surface area contributed by atoms with E-state index >= 15 is 0 Å². The van der Waals surface area contributed by atoms with Gasteiger partial charge < -0.3 is 16.3 Å². The fourth-order valence-electron chi connectivity index (χ4n) is 1.10. The van der Waals surface area contributed by atoms with E-state index in [1.165, 1.54) is 17.5 Å². The molecule has 88 valence electrons. The molecule has 1 rings (SSSR count). The number of nitrogens with one attached hydrogen (secondary N) is 1. The number of carbonyl (C=O) groups is 1. The number of carbonyl (C=O) groups excluding carboxylic acids is 1. The van der Waals surface area contributed by atoms with E-state index in [2.05, 4.69) is 15.5 Å². The summed E-state index contributed by atoms with van der Waals surface area (Å²) >= 11 is 1.31. The molecule has 6 nitrogen and oxygen atoms in total. The number of amidine groups is 1. The Hall–Kier alpha value is -1.63. The van der Waals surface area contributed by atoms with E-state index < -0.39 is 0 Å². The second-order valence-corrected chi connectivity index (χ2v) is 4.06. The summed E-state index contributed by atoms with van der Waals surface area (Å²) in [4.78, 5) is 15.9. The third kappa shape index (κ3) is 4.26. The van der Waals surface area contributed by atoms with Crippen molar-refractivity contribution in [3.63, 3.8) is 0 Å². The molecule has 1 aromatic rings. The van der Waals surface area contributed by atoms with Crippen LogP contribution in [-0.2, 0) is 0 Å². The molecule has 0 atom stereocenters. The number of nitrogens with zero attached hydrogens (tertiary/aromatic N) is 2. The van der Waals surface area contributed by atoms with Gasteiger partial charge in [-0.3, -0.25) is 9.78 Å². The first-order valence-electron chi connectivity index (χ1n) is 4.87. The zero-order valence-corrected chi connectivity index (χ0v) is 9.54. The summed E-state index contributed by atoms with van der Waals surface area (Å²) in [6.07, 6.45) is 3.64. The van der Waals surface area contributed by atoms with Crippen LogP contribution in [-0.4, -0.2) is 28.5 Å². The molecule has 0 aromatic carbocycles. The number of hydrogen-bond acceptors (Lipinski definition) is 5. The quantitative estimate of drug-likeness (QED) is 0.226. The van der Waals surface area contributed by atoms with Crippen LogP contribution in [0.2, 0.25) is 0 Å². The molecule has 1 aromatic heterocycles. The second-order valence-electron chi connectivity index (χ2n) is 3.17. The highest BCUT2D eigenvalue weighted by Gasteiger charge is 2.05. The molecule has 0 bridgehead atoms. The molecule has 0 unspecified atom stereocenters. The van der Waals surface area contributed by atoms with E-state index in [0.29, 0.717) is 17.8 Å². The molecule has 0 aliphatic carbocycles. The summed E-state index contributed by atoms with van der Waals surface area (Å²) in [6.45, 7) is 0.579. The number of hydrogen-bond donors (Lipinski definition) is 3. The molecule has 0 spiro atoms. The summed E-state index contributed by atoms with van der Waals surface area (Å²) in [5, 5.41) is 13.9. The van der Waals surface area contributed by atoms with Crippen molar-refractivity contribution < 1.29 is 10.0 Å². The maximum atomic E-state index is 11.4. The maximum Gasteiger partial charge on any atom is 0.262 e. The van der Waals surface area contributed by atoms with Gasteiger partial charge in [-0.2, -0.15) is 0 Å². The fraction of sp³-hybridized carbons (Fsp3) is 0.444. The van der Waals surface area contributed by atoms with Gasteiger partial charge in [0.1, 0.15) is 10.7 Å². The number of rotatable bonds is 6. The lowest BCUT2D eigenvalue weighted by atomic mass is 10.2. The molecular formula is C9H14N4O2S. The van der Waals surface area contributed by atoms with Crippen molar-refractivity contribution in [3.8, 4) is 0 Å². The standard InChI is InChI=1S/C9H14N4O2S/c10-8(13-15)3-1-2-4-12-9(14)7-5-11-6-16-7/h5-6,15H,1-4H2,(H2,10,13)(H,12,14). The summed E-state index contributed by atoms with van der Waals surface area (Å²) in [6, 6.07) is 0. The van der Waals surface area contributed by atoms with Crippen LogP contribution in [0.5, 0.6) is 0 Å². The average Bonchev–Trinajstić information content (AvgIpc) is 2.81. The van der Waals surface area contributed by atoms with Crippen LogP contribution < -0.4 is 11.1 Å². The summed E-state index contributed by atoms with van der Waals surface area (Å²) < 4.78 is 0. The van der Waals surface area contributed by atoms with Gasteiger partial charge in [0.05, 0.1) is 11.7 Å². The Bertz CT molecular complexity index is 350. The fourth-order valence-corrected chi connectivity index (χ4v) is 1.63. The lowest BCUT2D eigenvalue weighted by molar-refractivity contribution is 0.0957. The molecular weight excluding hydrogens is 228 g/mol. The van der Waals surface area contributed by atoms with Crippen molar-refractivity contribution in [2.24, 2.45) is 10.9 Å². The largest absolute Gasteiger partial charge is 0.409 e. The van der Waals surface area contributed by atoms with E-state index in [0.717, 1.165) is 12.8 Å². The molecule has 7 heteroatoms. The van der Waals surface area contributed by atoms with E-state index in [4.69, 9.17) is 10.9 Å². The van der Waals surface area contributed by atoms with Gasteiger partial charge in [0, 0.05) is 13.0 Å². The lowest BCUT2D eigenvalue weighted by Gasteiger charge is -2.02. The predicted molar refractivity (Wildman–Crippen MR) is 61.7 cm³/mol. The predicted octanol–water partition coefficient (Wildman–Crippen LogP) is 0.790. The van der Waals surface area contributed by atoms with Crippen molar-refractivity contribution in [2.75, 3.05) is 6.54 Å². The zero-order valence-electron chi connectivity index (χ0n) is 8.72. The Labute approximate surface area is 97.2 Å². The Morgan fingerprint density at radius 1 is 1.62 bits per heavy atom. The second kappa shape index (κ2) is 6.78. The van der Waals surface area contributed by atoms with Crippen LogP contribution in [0.15, 0.2) is 16.9 Å². The molecule has 1 heterocycles. The van der Waals surface area contributed by atoms with Gasteiger partial charge in [-0.05, 0) is 12.8 Å². The molecule has 0 saturated carbocycles. The van der Waals surface area contributed by atoms with Gasteiger partial charge in [0.25, 0.3) is 5.91 Å². The number of thiazole rings is 1. The number of amides is 1. The summed E-state index contributed by atoms with van der Waals surface area (Å²) in [7, 11) is 0. The minimum Gasteiger partial charge on any atom is -0.409 e. The van der Waals surface area contributed by atoms with Crippen LogP contribution in [0, 0.1) is 0 Å². The molecule has 0 aliphatic heterocycles. The van der Waals surface area contributed by atoms with Gasteiger partial charge in [-0.15, -0.1) is 11.3 Å². The first-order chi connectivity index (χ1) is 7.74. The molecule has 4 N–H and O–H groups in total. The van der Waals surface area contributed by atoms with Gasteiger partial charge in [-0.25, -0.2) is 0 Å². The summed E-state index contributed by atoms with van der Waals surface area (Å²) in [5.74, 6) is 0.111. The Balaban J connectivity index is 2.10. The molecule has 1 amide bonds. The third-order valence-corrected chi connectivity index (χ3v) is 2.70. The molecule has 0 fully saturated rings. The van der Waals surface area contributed by atoms with Crippen molar-refractivity contribution in [1.29, 1.82) is 0 Å². The Morgan fingerprint density at radius 3 is 3.06 bits per heavy atom. The Morgan fingerprint density at radius 2 is 2.44 bits per heavy atom. The van der Waals surface area contributed by atoms with E-state index in [9.17, 15) is 4.79 Å².